The Bertz CT molecular complexity index is 705. The largest absolute Gasteiger partial charge is 0.493 e. The highest BCUT2D eigenvalue weighted by Crippen LogP contribution is 2.46. The lowest BCUT2D eigenvalue weighted by Crippen LogP contribution is -2.38. The Balaban J connectivity index is 2.29. The number of ether oxygens (including phenoxy) is 3. The summed E-state index contributed by atoms with van der Waals surface area (Å²) in [4.78, 5) is 13.7. The maximum Gasteiger partial charge on any atom is 0.248 e. The first kappa shape index (κ1) is 23.4. The molecule has 1 aromatic carbocycles. The summed E-state index contributed by atoms with van der Waals surface area (Å²) in [5.41, 5.74) is 0.143. The molecule has 3 atom stereocenters. The van der Waals surface area contributed by atoms with Gasteiger partial charge in [-0.3, -0.25) is 4.79 Å². The fraction of sp³-hybridized carbons (Fsp3) is 0.682. The second-order valence-electron chi connectivity index (χ2n) is 8.64. The van der Waals surface area contributed by atoms with Crippen molar-refractivity contribution in [2.24, 2.45) is 5.41 Å². The van der Waals surface area contributed by atoms with E-state index in [-0.39, 0.29) is 17.4 Å². The molecule has 1 heterocycles. The van der Waals surface area contributed by atoms with Crippen LogP contribution in [0.1, 0.15) is 45.6 Å². The van der Waals surface area contributed by atoms with Gasteiger partial charge in [0.2, 0.25) is 5.91 Å². The summed E-state index contributed by atoms with van der Waals surface area (Å²) in [6.07, 6.45) is 0.0859. The van der Waals surface area contributed by atoms with E-state index in [1.165, 1.54) is 0 Å². The van der Waals surface area contributed by atoms with Crippen LogP contribution in [0.2, 0.25) is 0 Å². The molecule has 0 bridgehead atoms. The number of amides is 1. The molecule has 2 N–H and O–H groups in total. The second-order valence-corrected chi connectivity index (χ2v) is 8.64. The van der Waals surface area contributed by atoms with Crippen molar-refractivity contribution in [3.05, 3.63) is 23.8 Å². The van der Waals surface area contributed by atoms with Crippen LogP contribution < -0.4 is 9.47 Å². The number of benzene rings is 1. The lowest BCUT2D eigenvalue weighted by molar-refractivity contribution is -0.133. The fourth-order valence-electron chi connectivity index (χ4n) is 3.75. The number of carbonyl (C=O) groups is 1. The molecule has 0 saturated carbocycles. The molecule has 7 heteroatoms. The fourth-order valence-corrected chi connectivity index (χ4v) is 3.75. The van der Waals surface area contributed by atoms with Crippen LogP contribution in [0.25, 0.3) is 0 Å². The standard InChI is InChI=1S/C22H35NO6/c1-15(25)22(4)14-23(20(26)13-24)12-17(22)16-7-8-18(27-5)19(11-16)29-10-9-21(2,3)28-6/h7-8,11,15,17,24-25H,9-10,12-14H2,1-6H3/t15-,17+,22+/m1/s1. The average molecular weight is 410 g/mol. The molecule has 29 heavy (non-hydrogen) atoms. The van der Waals surface area contributed by atoms with Crippen LogP contribution in [0, 0.1) is 5.41 Å². The van der Waals surface area contributed by atoms with Gasteiger partial charge in [-0.2, -0.15) is 0 Å². The Morgan fingerprint density at radius 3 is 2.59 bits per heavy atom. The normalized spacial score (nSPS) is 23.2. The molecule has 1 fully saturated rings. The SMILES string of the molecule is COc1ccc([C@@H]2CN(C(=O)CO)C[C@@]2(C)[C@@H](C)O)cc1OCCC(C)(C)OC. The van der Waals surface area contributed by atoms with Crippen molar-refractivity contribution in [1.82, 2.24) is 4.90 Å². The highest BCUT2D eigenvalue weighted by Gasteiger charge is 2.48. The molecule has 0 radical (unpaired) electrons. The van der Waals surface area contributed by atoms with E-state index in [0.717, 1.165) is 5.56 Å². The number of hydrogen-bond acceptors (Lipinski definition) is 6. The Hall–Kier alpha value is -1.83. The van der Waals surface area contributed by atoms with E-state index in [9.17, 15) is 15.0 Å². The number of aliphatic hydroxyl groups is 2. The molecule has 1 aromatic rings. The van der Waals surface area contributed by atoms with Crippen molar-refractivity contribution in [1.29, 1.82) is 0 Å². The lowest BCUT2D eigenvalue weighted by Gasteiger charge is -2.34. The van der Waals surface area contributed by atoms with Gasteiger partial charge >= 0.3 is 0 Å². The lowest BCUT2D eigenvalue weighted by atomic mass is 9.72. The summed E-state index contributed by atoms with van der Waals surface area (Å²) in [6, 6.07) is 5.73. The van der Waals surface area contributed by atoms with Gasteiger partial charge in [-0.05, 0) is 38.5 Å². The number of nitrogens with zero attached hydrogens (tertiary/aromatic N) is 1. The minimum absolute atomic E-state index is 0.0957. The van der Waals surface area contributed by atoms with Gasteiger partial charge in [0.1, 0.15) is 6.61 Å². The van der Waals surface area contributed by atoms with Gasteiger partial charge in [-0.1, -0.05) is 13.0 Å². The van der Waals surface area contributed by atoms with Crippen LogP contribution in [0.4, 0.5) is 0 Å². The van der Waals surface area contributed by atoms with E-state index in [1.54, 1.807) is 26.0 Å². The van der Waals surface area contributed by atoms with E-state index in [0.29, 0.717) is 37.6 Å². The third kappa shape index (κ3) is 5.21. The van der Waals surface area contributed by atoms with Gasteiger partial charge < -0.3 is 29.3 Å². The molecule has 0 spiro atoms. The quantitative estimate of drug-likeness (QED) is 0.650. The minimum atomic E-state index is -0.627. The molecule has 1 aliphatic rings. The van der Waals surface area contributed by atoms with E-state index in [1.807, 2.05) is 39.0 Å². The number of rotatable bonds is 9. The Labute approximate surface area is 173 Å². The van der Waals surface area contributed by atoms with Crippen molar-refractivity contribution in [2.45, 2.75) is 51.7 Å². The van der Waals surface area contributed by atoms with Crippen molar-refractivity contribution >= 4 is 5.91 Å². The smallest absolute Gasteiger partial charge is 0.248 e. The Morgan fingerprint density at radius 1 is 1.34 bits per heavy atom. The number of likely N-dealkylation sites (tertiary alicyclic amines) is 1. The van der Waals surface area contributed by atoms with Gasteiger partial charge in [0.15, 0.2) is 11.5 Å². The number of aliphatic hydroxyl groups excluding tert-OH is 2. The van der Waals surface area contributed by atoms with Crippen LogP contribution in [0.5, 0.6) is 11.5 Å². The zero-order valence-corrected chi connectivity index (χ0v) is 18.4. The van der Waals surface area contributed by atoms with Gasteiger partial charge in [0.25, 0.3) is 0 Å². The maximum atomic E-state index is 12.1. The molecule has 7 nitrogen and oxygen atoms in total. The molecule has 1 aliphatic heterocycles. The molecule has 1 saturated heterocycles. The Kier molecular flexibility index (Phi) is 7.54. The number of methoxy groups -OCH3 is 2. The monoisotopic (exact) mass is 409 g/mol. The first-order valence-electron chi connectivity index (χ1n) is 10.0. The summed E-state index contributed by atoms with van der Waals surface area (Å²) in [6.45, 7) is 8.48. The van der Waals surface area contributed by atoms with Gasteiger partial charge in [-0.15, -0.1) is 0 Å². The predicted molar refractivity (Wildman–Crippen MR) is 110 cm³/mol. The number of carbonyl (C=O) groups excluding carboxylic acids is 1. The van der Waals surface area contributed by atoms with E-state index >= 15 is 0 Å². The van der Waals surface area contributed by atoms with Gasteiger partial charge in [-0.25, -0.2) is 0 Å². The predicted octanol–water partition coefficient (Wildman–Crippen LogP) is 2.19. The van der Waals surface area contributed by atoms with Crippen molar-refractivity contribution < 1.29 is 29.2 Å². The van der Waals surface area contributed by atoms with Crippen LogP contribution in [-0.2, 0) is 9.53 Å². The summed E-state index contributed by atoms with van der Waals surface area (Å²) in [7, 11) is 3.27. The van der Waals surface area contributed by atoms with E-state index in [4.69, 9.17) is 14.2 Å². The third-order valence-electron chi connectivity index (χ3n) is 6.28. The van der Waals surface area contributed by atoms with Gasteiger partial charge in [0, 0.05) is 38.0 Å². The molecule has 0 unspecified atom stereocenters. The van der Waals surface area contributed by atoms with Crippen molar-refractivity contribution in [2.75, 3.05) is 40.5 Å². The zero-order chi connectivity index (χ0) is 21.8. The molecular formula is C22H35NO6. The minimum Gasteiger partial charge on any atom is -0.493 e. The summed E-state index contributed by atoms with van der Waals surface area (Å²) in [5.74, 6) is 0.827. The van der Waals surface area contributed by atoms with Crippen LogP contribution in [0.15, 0.2) is 18.2 Å². The van der Waals surface area contributed by atoms with Crippen LogP contribution >= 0.6 is 0 Å². The topological polar surface area (TPSA) is 88.5 Å². The van der Waals surface area contributed by atoms with Crippen molar-refractivity contribution in [3.63, 3.8) is 0 Å². The Morgan fingerprint density at radius 2 is 2.03 bits per heavy atom. The second kappa shape index (κ2) is 9.32. The first-order chi connectivity index (χ1) is 13.6. The molecule has 164 valence electrons. The molecule has 0 aromatic heterocycles. The number of hydrogen-bond donors (Lipinski definition) is 2. The molecular weight excluding hydrogens is 374 g/mol. The highest BCUT2D eigenvalue weighted by molar-refractivity contribution is 5.77. The third-order valence-corrected chi connectivity index (χ3v) is 6.28. The van der Waals surface area contributed by atoms with Crippen molar-refractivity contribution in [3.8, 4) is 11.5 Å². The summed E-state index contributed by atoms with van der Waals surface area (Å²) >= 11 is 0. The van der Waals surface area contributed by atoms with Gasteiger partial charge in [0.05, 0.1) is 25.4 Å². The highest BCUT2D eigenvalue weighted by atomic mass is 16.5. The zero-order valence-electron chi connectivity index (χ0n) is 18.4. The summed E-state index contributed by atoms with van der Waals surface area (Å²) in [5, 5.41) is 19.7. The molecule has 0 aliphatic carbocycles. The average Bonchev–Trinajstić information content (AvgIpc) is 3.06. The maximum absolute atomic E-state index is 12.1. The van der Waals surface area contributed by atoms with E-state index in [2.05, 4.69) is 0 Å². The van der Waals surface area contributed by atoms with E-state index < -0.39 is 18.1 Å². The van der Waals surface area contributed by atoms with Crippen LogP contribution in [-0.4, -0.2) is 73.2 Å². The molecule has 2 rings (SSSR count). The van der Waals surface area contributed by atoms with Crippen LogP contribution in [0.3, 0.4) is 0 Å². The molecule has 1 amide bonds. The first-order valence-corrected chi connectivity index (χ1v) is 10.0. The summed E-state index contributed by atoms with van der Waals surface area (Å²) < 4.78 is 16.9.